The number of esters is 1. The molecule has 0 radical (unpaired) electrons. The first kappa shape index (κ1) is 17.8. The van der Waals surface area contributed by atoms with E-state index in [-0.39, 0.29) is 17.7 Å². The van der Waals surface area contributed by atoms with Crippen molar-refractivity contribution in [2.75, 3.05) is 6.61 Å². The molecule has 0 bridgehead atoms. The number of carbonyl (C=O) groups is 1. The molecule has 0 spiro atoms. The first-order chi connectivity index (χ1) is 12.1. The highest BCUT2D eigenvalue weighted by molar-refractivity contribution is 5.82. The van der Waals surface area contributed by atoms with Crippen molar-refractivity contribution in [2.45, 2.75) is 51.9 Å². The molecule has 1 aromatic carbocycles. The van der Waals surface area contributed by atoms with Gasteiger partial charge in [0.25, 0.3) is 0 Å². The number of hydrogen-bond donors (Lipinski definition) is 0. The molecule has 0 aliphatic heterocycles. The van der Waals surface area contributed by atoms with Crippen molar-refractivity contribution in [1.29, 1.82) is 0 Å². The van der Waals surface area contributed by atoms with Crippen molar-refractivity contribution in [3.05, 3.63) is 41.8 Å². The maximum atomic E-state index is 13.7. The van der Waals surface area contributed by atoms with Crippen molar-refractivity contribution in [3.8, 4) is 0 Å². The third kappa shape index (κ3) is 3.83. The van der Waals surface area contributed by atoms with Gasteiger partial charge in [0.05, 0.1) is 18.0 Å². The zero-order valence-electron chi connectivity index (χ0n) is 15.0. The van der Waals surface area contributed by atoms with Gasteiger partial charge >= 0.3 is 5.97 Å². The average Bonchev–Trinajstić information content (AvgIpc) is 2.63. The van der Waals surface area contributed by atoms with E-state index in [0.717, 1.165) is 43.0 Å². The molecule has 134 valence electrons. The maximum Gasteiger partial charge on any atom is 0.309 e. The van der Waals surface area contributed by atoms with Crippen molar-refractivity contribution < 1.29 is 13.9 Å². The predicted octanol–water partition coefficient (Wildman–Crippen LogP) is 5.24. The van der Waals surface area contributed by atoms with Gasteiger partial charge in [-0.25, -0.2) is 4.39 Å². The number of hydrogen-bond acceptors (Lipinski definition) is 3. The van der Waals surface area contributed by atoms with Gasteiger partial charge in [0, 0.05) is 11.6 Å². The largest absolute Gasteiger partial charge is 0.466 e. The Balaban J connectivity index is 1.74. The van der Waals surface area contributed by atoms with Crippen LogP contribution in [-0.4, -0.2) is 17.6 Å². The van der Waals surface area contributed by atoms with Crippen LogP contribution >= 0.6 is 0 Å². The fourth-order valence-corrected chi connectivity index (χ4v) is 4.27. The van der Waals surface area contributed by atoms with E-state index >= 15 is 0 Å². The first-order valence-electron chi connectivity index (χ1n) is 9.34. The molecule has 25 heavy (non-hydrogen) atoms. The normalized spacial score (nSPS) is 21.9. The standard InChI is InChI=1S/C21H26FNO2/c1-3-17(21(24)25-4-2)14-5-7-15(8-6-14)18-11-12-23-20-10-9-16(22)13-19(18)20/h9-15,17H,3-8H2,1-2H3. The minimum Gasteiger partial charge on any atom is -0.466 e. The summed E-state index contributed by atoms with van der Waals surface area (Å²) in [5, 5.41) is 0.920. The van der Waals surface area contributed by atoms with Crippen LogP contribution in [0.1, 0.15) is 57.4 Å². The molecule has 4 heteroatoms. The number of halogens is 1. The average molecular weight is 343 g/mol. The van der Waals surface area contributed by atoms with Crippen LogP contribution in [0.4, 0.5) is 4.39 Å². The minimum atomic E-state index is -0.219. The molecule has 3 nitrogen and oxygen atoms in total. The zero-order valence-corrected chi connectivity index (χ0v) is 15.0. The van der Waals surface area contributed by atoms with Gasteiger partial charge in [-0.2, -0.15) is 0 Å². The van der Waals surface area contributed by atoms with Gasteiger partial charge in [0.15, 0.2) is 0 Å². The summed E-state index contributed by atoms with van der Waals surface area (Å²) in [4.78, 5) is 16.5. The molecule has 1 heterocycles. The first-order valence-corrected chi connectivity index (χ1v) is 9.34. The highest BCUT2D eigenvalue weighted by atomic mass is 19.1. The lowest BCUT2D eigenvalue weighted by Crippen LogP contribution is -2.28. The fourth-order valence-electron chi connectivity index (χ4n) is 4.27. The molecule has 3 rings (SSSR count). The Bertz CT molecular complexity index is 738. The predicted molar refractivity (Wildman–Crippen MR) is 96.8 cm³/mol. The Hall–Kier alpha value is -1.97. The Morgan fingerprint density at radius 2 is 2.00 bits per heavy atom. The second kappa shape index (κ2) is 7.94. The number of pyridine rings is 1. The molecule has 0 saturated heterocycles. The van der Waals surface area contributed by atoms with Gasteiger partial charge < -0.3 is 4.74 Å². The lowest BCUT2D eigenvalue weighted by atomic mass is 9.72. The van der Waals surface area contributed by atoms with E-state index in [1.807, 2.05) is 19.2 Å². The summed E-state index contributed by atoms with van der Waals surface area (Å²) in [5.74, 6) is 0.537. The van der Waals surface area contributed by atoms with Crippen LogP contribution < -0.4 is 0 Å². The number of rotatable bonds is 5. The molecule has 1 aliphatic rings. The van der Waals surface area contributed by atoms with Crippen molar-refractivity contribution in [1.82, 2.24) is 4.98 Å². The number of aromatic nitrogens is 1. The summed E-state index contributed by atoms with van der Waals surface area (Å²) in [6.45, 7) is 4.36. The molecule has 0 N–H and O–H groups in total. The fraction of sp³-hybridized carbons (Fsp3) is 0.524. The Labute approximate surface area is 148 Å². The monoisotopic (exact) mass is 343 g/mol. The number of ether oxygens (including phenoxy) is 1. The minimum absolute atomic E-state index is 0.00697. The van der Waals surface area contributed by atoms with Crippen LogP contribution in [0.25, 0.3) is 10.9 Å². The van der Waals surface area contributed by atoms with Crippen LogP contribution in [0.3, 0.4) is 0 Å². The van der Waals surface area contributed by atoms with Gasteiger partial charge in [0.1, 0.15) is 5.82 Å². The van der Waals surface area contributed by atoms with E-state index in [1.54, 1.807) is 12.1 Å². The quantitative estimate of drug-likeness (QED) is 0.697. The number of fused-ring (bicyclic) bond motifs is 1. The molecule has 1 unspecified atom stereocenters. The summed E-state index contributed by atoms with van der Waals surface area (Å²) >= 11 is 0. The lowest BCUT2D eigenvalue weighted by Gasteiger charge is -2.33. The molecule has 1 saturated carbocycles. The number of benzene rings is 1. The van der Waals surface area contributed by atoms with E-state index in [9.17, 15) is 9.18 Å². The van der Waals surface area contributed by atoms with Crippen LogP contribution in [0, 0.1) is 17.7 Å². The number of carbonyl (C=O) groups excluding carboxylic acids is 1. The van der Waals surface area contributed by atoms with Crippen LogP contribution in [0.15, 0.2) is 30.5 Å². The van der Waals surface area contributed by atoms with E-state index < -0.39 is 0 Å². The summed E-state index contributed by atoms with van der Waals surface area (Å²) in [5.41, 5.74) is 2.03. The van der Waals surface area contributed by atoms with Gasteiger partial charge in [-0.15, -0.1) is 0 Å². The highest BCUT2D eigenvalue weighted by Crippen LogP contribution is 2.41. The molecule has 1 aromatic heterocycles. The Kier molecular flexibility index (Phi) is 5.67. The second-order valence-corrected chi connectivity index (χ2v) is 6.94. The van der Waals surface area contributed by atoms with Crippen LogP contribution in [0.5, 0.6) is 0 Å². The summed E-state index contributed by atoms with van der Waals surface area (Å²) in [6, 6.07) is 6.82. The summed E-state index contributed by atoms with van der Waals surface area (Å²) < 4.78 is 18.9. The summed E-state index contributed by atoms with van der Waals surface area (Å²) in [7, 11) is 0. The summed E-state index contributed by atoms with van der Waals surface area (Å²) in [6.07, 6.45) is 6.72. The van der Waals surface area contributed by atoms with Crippen LogP contribution in [0.2, 0.25) is 0 Å². The molecule has 2 aromatic rings. The SMILES string of the molecule is CCOC(=O)C(CC)C1CCC(c2ccnc3ccc(F)cc23)CC1. The van der Waals surface area contributed by atoms with Crippen LogP contribution in [-0.2, 0) is 9.53 Å². The lowest BCUT2D eigenvalue weighted by molar-refractivity contribution is -0.150. The van der Waals surface area contributed by atoms with E-state index in [4.69, 9.17) is 4.74 Å². The smallest absolute Gasteiger partial charge is 0.309 e. The van der Waals surface area contributed by atoms with Crippen molar-refractivity contribution in [2.24, 2.45) is 11.8 Å². The van der Waals surface area contributed by atoms with E-state index in [1.165, 1.54) is 11.6 Å². The molecular weight excluding hydrogens is 317 g/mol. The zero-order chi connectivity index (χ0) is 17.8. The highest BCUT2D eigenvalue weighted by Gasteiger charge is 2.32. The molecule has 1 fully saturated rings. The third-order valence-corrected chi connectivity index (χ3v) is 5.55. The molecule has 0 amide bonds. The Morgan fingerprint density at radius 3 is 2.68 bits per heavy atom. The van der Waals surface area contributed by atoms with Crippen molar-refractivity contribution in [3.63, 3.8) is 0 Å². The molecular formula is C21H26FNO2. The number of nitrogens with zero attached hydrogens (tertiary/aromatic N) is 1. The van der Waals surface area contributed by atoms with Gasteiger partial charge in [0.2, 0.25) is 0 Å². The third-order valence-electron chi connectivity index (χ3n) is 5.55. The van der Waals surface area contributed by atoms with Crippen molar-refractivity contribution >= 4 is 16.9 Å². The Morgan fingerprint density at radius 1 is 1.24 bits per heavy atom. The van der Waals surface area contributed by atoms with Gasteiger partial charge in [-0.05, 0) is 80.7 Å². The van der Waals surface area contributed by atoms with E-state index in [0.29, 0.717) is 18.4 Å². The second-order valence-electron chi connectivity index (χ2n) is 6.94. The van der Waals surface area contributed by atoms with Gasteiger partial charge in [-0.1, -0.05) is 6.92 Å². The topological polar surface area (TPSA) is 39.2 Å². The van der Waals surface area contributed by atoms with E-state index in [2.05, 4.69) is 11.9 Å². The molecule has 1 aliphatic carbocycles. The molecule has 1 atom stereocenters. The van der Waals surface area contributed by atoms with Gasteiger partial charge in [-0.3, -0.25) is 9.78 Å². The maximum absolute atomic E-state index is 13.7.